The molecule has 5 nitrogen and oxygen atoms in total. The third kappa shape index (κ3) is 3.16. The lowest BCUT2D eigenvalue weighted by Crippen LogP contribution is -2.49. The summed E-state index contributed by atoms with van der Waals surface area (Å²) in [4.78, 5) is 15.1. The molecule has 0 aliphatic carbocycles. The molecule has 14 heavy (non-hydrogen) atoms. The number of hydrogen-bond acceptors (Lipinski definition) is 4. The maximum Gasteiger partial charge on any atom is 0.409 e. The van der Waals surface area contributed by atoms with E-state index in [1.807, 2.05) is 0 Å². The Morgan fingerprint density at radius 1 is 1.36 bits per heavy atom. The van der Waals surface area contributed by atoms with Gasteiger partial charge in [-0.2, -0.15) is 0 Å². The number of carbonyl (C=O) groups excluding carboxylic acids is 1. The molecule has 1 aliphatic rings. The molecule has 0 spiro atoms. The molecule has 82 valence electrons. The zero-order chi connectivity index (χ0) is 10.4. The number of aliphatic hydroxyl groups is 1. The van der Waals surface area contributed by atoms with E-state index in [2.05, 4.69) is 4.90 Å². The summed E-state index contributed by atoms with van der Waals surface area (Å²) in [7, 11) is 0. The van der Waals surface area contributed by atoms with Crippen LogP contribution in [0.25, 0.3) is 0 Å². The highest BCUT2D eigenvalue weighted by molar-refractivity contribution is 5.67. The molecule has 1 heterocycles. The van der Waals surface area contributed by atoms with Crippen LogP contribution in [0.4, 0.5) is 4.79 Å². The molecule has 1 fully saturated rings. The summed E-state index contributed by atoms with van der Waals surface area (Å²) in [6.07, 6.45) is -0.226. The highest BCUT2D eigenvalue weighted by Gasteiger charge is 2.20. The van der Waals surface area contributed by atoms with Crippen molar-refractivity contribution in [2.45, 2.75) is 6.92 Å². The Bertz CT molecular complexity index is 179. The van der Waals surface area contributed by atoms with Crippen molar-refractivity contribution in [3.05, 3.63) is 0 Å². The maximum absolute atomic E-state index is 11.3. The van der Waals surface area contributed by atoms with Crippen LogP contribution in [-0.2, 0) is 4.74 Å². The minimum Gasteiger partial charge on any atom is -0.450 e. The van der Waals surface area contributed by atoms with Crippen LogP contribution in [-0.4, -0.2) is 66.9 Å². The molecule has 0 aromatic rings. The van der Waals surface area contributed by atoms with Gasteiger partial charge in [0.1, 0.15) is 0 Å². The monoisotopic (exact) mass is 202 g/mol. The van der Waals surface area contributed by atoms with E-state index >= 15 is 0 Å². The molecular formula is C9H18N2O3. The van der Waals surface area contributed by atoms with Gasteiger partial charge in [0.05, 0.1) is 13.2 Å². The second-order valence-corrected chi connectivity index (χ2v) is 3.25. The number of rotatable bonds is 3. The SMILES string of the molecule is CCOC(=O)N1CCN(CCO)CC1. The van der Waals surface area contributed by atoms with Crippen molar-refractivity contribution in [1.29, 1.82) is 0 Å². The maximum atomic E-state index is 11.3. The van der Waals surface area contributed by atoms with E-state index in [1.165, 1.54) is 0 Å². The molecule has 1 amide bonds. The van der Waals surface area contributed by atoms with Gasteiger partial charge in [-0.1, -0.05) is 0 Å². The Morgan fingerprint density at radius 3 is 2.50 bits per heavy atom. The van der Waals surface area contributed by atoms with Crippen molar-refractivity contribution in [1.82, 2.24) is 9.80 Å². The van der Waals surface area contributed by atoms with E-state index in [0.29, 0.717) is 26.2 Å². The first-order valence-corrected chi connectivity index (χ1v) is 5.03. The predicted octanol–water partition coefficient (Wildman–Crippen LogP) is -0.247. The van der Waals surface area contributed by atoms with Crippen molar-refractivity contribution in [2.75, 3.05) is 45.9 Å². The first-order chi connectivity index (χ1) is 6.77. The quantitative estimate of drug-likeness (QED) is 0.686. The first-order valence-electron chi connectivity index (χ1n) is 5.03. The fourth-order valence-corrected chi connectivity index (χ4v) is 1.51. The van der Waals surface area contributed by atoms with Gasteiger partial charge in [-0.05, 0) is 6.92 Å². The van der Waals surface area contributed by atoms with Crippen LogP contribution in [0.1, 0.15) is 6.92 Å². The number of aliphatic hydroxyl groups excluding tert-OH is 1. The van der Waals surface area contributed by atoms with E-state index in [9.17, 15) is 4.79 Å². The van der Waals surface area contributed by atoms with E-state index in [4.69, 9.17) is 9.84 Å². The Hall–Kier alpha value is -0.810. The van der Waals surface area contributed by atoms with Gasteiger partial charge in [-0.3, -0.25) is 4.90 Å². The largest absolute Gasteiger partial charge is 0.450 e. The molecule has 0 bridgehead atoms. The summed E-state index contributed by atoms with van der Waals surface area (Å²) in [6, 6.07) is 0. The molecule has 1 rings (SSSR count). The van der Waals surface area contributed by atoms with Gasteiger partial charge in [0.25, 0.3) is 0 Å². The van der Waals surface area contributed by atoms with Gasteiger partial charge >= 0.3 is 6.09 Å². The van der Waals surface area contributed by atoms with Gasteiger partial charge in [0.15, 0.2) is 0 Å². The molecule has 1 aliphatic heterocycles. The van der Waals surface area contributed by atoms with Crippen LogP contribution in [0.5, 0.6) is 0 Å². The summed E-state index contributed by atoms with van der Waals surface area (Å²) in [6.45, 7) is 6.13. The molecule has 5 heteroatoms. The van der Waals surface area contributed by atoms with E-state index in [0.717, 1.165) is 13.1 Å². The molecule has 0 aromatic carbocycles. The fraction of sp³-hybridized carbons (Fsp3) is 0.889. The highest BCUT2D eigenvalue weighted by atomic mass is 16.6. The fourth-order valence-electron chi connectivity index (χ4n) is 1.51. The van der Waals surface area contributed by atoms with Crippen LogP contribution in [0, 0.1) is 0 Å². The van der Waals surface area contributed by atoms with Crippen LogP contribution in [0.15, 0.2) is 0 Å². The minimum atomic E-state index is -0.226. The van der Waals surface area contributed by atoms with Gasteiger partial charge in [-0.15, -0.1) is 0 Å². The standard InChI is InChI=1S/C9H18N2O3/c1-2-14-9(13)11-5-3-10(4-6-11)7-8-12/h12H,2-8H2,1H3. The van der Waals surface area contributed by atoms with Gasteiger partial charge in [-0.25, -0.2) is 4.79 Å². The molecule has 0 aromatic heterocycles. The predicted molar refractivity (Wildman–Crippen MR) is 52.1 cm³/mol. The summed E-state index contributed by atoms with van der Waals surface area (Å²) in [5.74, 6) is 0. The molecular weight excluding hydrogens is 184 g/mol. The lowest BCUT2D eigenvalue weighted by Gasteiger charge is -2.33. The second kappa shape index (κ2) is 5.82. The number of nitrogens with zero attached hydrogens (tertiary/aromatic N) is 2. The average molecular weight is 202 g/mol. The lowest BCUT2D eigenvalue weighted by molar-refractivity contribution is 0.0745. The Morgan fingerprint density at radius 2 is 2.00 bits per heavy atom. The third-order valence-corrected chi connectivity index (χ3v) is 2.31. The summed E-state index contributed by atoms with van der Waals surface area (Å²) in [5, 5.41) is 8.73. The number of ether oxygens (including phenoxy) is 1. The van der Waals surface area contributed by atoms with Crippen LogP contribution >= 0.6 is 0 Å². The van der Waals surface area contributed by atoms with Crippen LogP contribution < -0.4 is 0 Å². The van der Waals surface area contributed by atoms with Crippen molar-refractivity contribution in [3.63, 3.8) is 0 Å². The number of carbonyl (C=O) groups is 1. The summed E-state index contributed by atoms with van der Waals surface area (Å²) < 4.78 is 4.90. The Balaban J connectivity index is 2.24. The van der Waals surface area contributed by atoms with Crippen LogP contribution in [0.2, 0.25) is 0 Å². The molecule has 0 unspecified atom stereocenters. The number of amides is 1. The molecule has 0 saturated carbocycles. The Kier molecular flexibility index (Phi) is 4.69. The second-order valence-electron chi connectivity index (χ2n) is 3.25. The topological polar surface area (TPSA) is 53.0 Å². The smallest absolute Gasteiger partial charge is 0.409 e. The van der Waals surface area contributed by atoms with Crippen LogP contribution in [0.3, 0.4) is 0 Å². The normalized spacial score (nSPS) is 18.3. The van der Waals surface area contributed by atoms with Gasteiger partial charge in [0.2, 0.25) is 0 Å². The van der Waals surface area contributed by atoms with E-state index < -0.39 is 0 Å². The van der Waals surface area contributed by atoms with Crippen molar-refractivity contribution < 1.29 is 14.6 Å². The highest BCUT2D eigenvalue weighted by Crippen LogP contribution is 2.02. The summed E-state index contributed by atoms with van der Waals surface area (Å²) in [5.41, 5.74) is 0. The number of hydrogen-bond donors (Lipinski definition) is 1. The zero-order valence-electron chi connectivity index (χ0n) is 8.61. The van der Waals surface area contributed by atoms with Gasteiger partial charge in [0, 0.05) is 32.7 Å². The average Bonchev–Trinajstić information content (AvgIpc) is 2.20. The van der Waals surface area contributed by atoms with E-state index in [1.54, 1.807) is 11.8 Å². The zero-order valence-corrected chi connectivity index (χ0v) is 8.61. The number of β-amino-alcohol motifs (C(OH)–C–C–N with tert-alkyl or cyclic N) is 1. The Labute approximate surface area is 84.2 Å². The molecule has 1 N–H and O–H groups in total. The van der Waals surface area contributed by atoms with Gasteiger partial charge < -0.3 is 14.7 Å². The molecule has 0 radical (unpaired) electrons. The molecule has 1 saturated heterocycles. The summed E-state index contributed by atoms with van der Waals surface area (Å²) >= 11 is 0. The lowest BCUT2D eigenvalue weighted by atomic mass is 10.3. The number of piperazine rings is 1. The van der Waals surface area contributed by atoms with Crippen molar-refractivity contribution >= 4 is 6.09 Å². The van der Waals surface area contributed by atoms with E-state index in [-0.39, 0.29) is 12.7 Å². The van der Waals surface area contributed by atoms with Crippen molar-refractivity contribution in [2.24, 2.45) is 0 Å². The molecule has 0 atom stereocenters. The van der Waals surface area contributed by atoms with Crippen molar-refractivity contribution in [3.8, 4) is 0 Å². The first kappa shape index (κ1) is 11.3. The minimum absolute atomic E-state index is 0.180. The third-order valence-electron chi connectivity index (χ3n) is 2.31.